The van der Waals surface area contributed by atoms with Crippen LogP contribution < -0.4 is 0 Å². The van der Waals surface area contributed by atoms with E-state index >= 15 is 0 Å². The van der Waals surface area contributed by atoms with Crippen LogP contribution in [0.2, 0.25) is 0 Å². The van der Waals surface area contributed by atoms with E-state index in [9.17, 15) is 4.79 Å². The second kappa shape index (κ2) is 6.53. The molecular formula is C9H16O. The number of carbonyl (C=O) groups is 1. The van der Waals surface area contributed by atoms with E-state index in [4.69, 9.17) is 0 Å². The van der Waals surface area contributed by atoms with Crippen molar-refractivity contribution in [2.45, 2.75) is 33.1 Å². The molecule has 0 bridgehead atoms. The Labute approximate surface area is 63.1 Å². The molecule has 0 aromatic heterocycles. The topological polar surface area (TPSA) is 17.1 Å². The summed E-state index contributed by atoms with van der Waals surface area (Å²) in [5.74, 6) is 0.607. The first-order valence-electron chi connectivity index (χ1n) is 3.97. The molecule has 0 spiro atoms. The summed E-state index contributed by atoms with van der Waals surface area (Å²) in [6.45, 7) is 4.31. The SMILES string of the molecule is CCCC(/C=C/C=O)CC. The van der Waals surface area contributed by atoms with Crippen LogP contribution in [0.15, 0.2) is 12.2 Å². The maximum atomic E-state index is 9.94. The van der Waals surface area contributed by atoms with Gasteiger partial charge >= 0.3 is 0 Å². The zero-order valence-corrected chi connectivity index (χ0v) is 6.84. The predicted molar refractivity (Wildman–Crippen MR) is 43.9 cm³/mol. The number of hydrogen-bond donors (Lipinski definition) is 0. The number of aldehydes is 1. The van der Waals surface area contributed by atoms with Gasteiger partial charge in [0.15, 0.2) is 0 Å². The van der Waals surface area contributed by atoms with Gasteiger partial charge in [-0.05, 0) is 24.8 Å². The third-order valence-corrected chi connectivity index (χ3v) is 1.65. The molecule has 0 saturated carbocycles. The van der Waals surface area contributed by atoms with Crippen molar-refractivity contribution < 1.29 is 4.79 Å². The Balaban J connectivity index is 3.58. The van der Waals surface area contributed by atoms with Crippen LogP contribution in [0.3, 0.4) is 0 Å². The number of allylic oxidation sites excluding steroid dienone is 2. The van der Waals surface area contributed by atoms with Crippen molar-refractivity contribution in [1.82, 2.24) is 0 Å². The van der Waals surface area contributed by atoms with Crippen LogP contribution in [0, 0.1) is 5.92 Å². The van der Waals surface area contributed by atoms with Crippen molar-refractivity contribution in [2.24, 2.45) is 5.92 Å². The molecule has 0 saturated heterocycles. The highest BCUT2D eigenvalue weighted by atomic mass is 16.1. The van der Waals surface area contributed by atoms with Gasteiger partial charge in [0.1, 0.15) is 6.29 Å². The van der Waals surface area contributed by atoms with Gasteiger partial charge in [0.05, 0.1) is 0 Å². The molecule has 0 aromatic carbocycles. The highest BCUT2D eigenvalue weighted by Gasteiger charge is 1.97. The van der Waals surface area contributed by atoms with Gasteiger partial charge in [0, 0.05) is 0 Å². The summed E-state index contributed by atoms with van der Waals surface area (Å²) < 4.78 is 0. The summed E-state index contributed by atoms with van der Waals surface area (Å²) in [5.41, 5.74) is 0. The average Bonchev–Trinajstić information content (AvgIpc) is 1.98. The van der Waals surface area contributed by atoms with Gasteiger partial charge < -0.3 is 0 Å². The lowest BCUT2D eigenvalue weighted by molar-refractivity contribution is -0.104. The van der Waals surface area contributed by atoms with Gasteiger partial charge in [-0.1, -0.05) is 26.3 Å². The number of hydrogen-bond acceptors (Lipinski definition) is 1. The van der Waals surface area contributed by atoms with Crippen molar-refractivity contribution in [1.29, 1.82) is 0 Å². The molecule has 0 aliphatic heterocycles. The maximum absolute atomic E-state index is 9.94. The summed E-state index contributed by atoms with van der Waals surface area (Å²) in [5, 5.41) is 0. The highest BCUT2D eigenvalue weighted by Crippen LogP contribution is 2.11. The molecule has 0 amide bonds. The lowest BCUT2D eigenvalue weighted by Crippen LogP contribution is -1.92. The molecule has 0 aliphatic rings. The Kier molecular flexibility index (Phi) is 6.14. The molecule has 1 atom stereocenters. The maximum Gasteiger partial charge on any atom is 0.142 e. The van der Waals surface area contributed by atoms with Gasteiger partial charge in [-0.3, -0.25) is 4.79 Å². The summed E-state index contributed by atoms with van der Waals surface area (Å²) in [7, 11) is 0. The zero-order valence-electron chi connectivity index (χ0n) is 6.84. The van der Waals surface area contributed by atoms with E-state index in [2.05, 4.69) is 13.8 Å². The van der Waals surface area contributed by atoms with E-state index in [1.165, 1.54) is 12.8 Å². The van der Waals surface area contributed by atoms with Crippen LogP contribution in [0.5, 0.6) is 0 Å². The molecular weight excluding hydrogens is 124 g/mol. The fourth-order valence-corrected chi connectivity index (χ4v) is 1.01. The molecule has 1 unspecified atom stereocenters. The standard InChI is InChI=1S/C9H16O/c1-3-6-9(4-2)7-5-8-10/h5,7-9H,3-4,6H2,1-2H3/b7-5+. The number of carbonyl (C=O) groups excluding carboxylic acids is 1. The first-order valence-corrected chi connectivity index (χ1v) is 3.97. The van der Waals surface area contributed by atoms with E-state index in [0.717, 1.165) is 12.7 Å². The van der Waals surface area contributed by atoms with Crippen LogP contribution in [-0.4, -0.2) is 6.29 Å². The minimum absolute atomic E-state index is 0.607. The largest absolute Gasteiger partial charge is 0.299 e. The van der Waals surface area contributed by atoms with Gasteiger partial charge in [-0.15, -0.1) is 0 Å². The van der Waals surface area contributed by atoms with Gasteiger partial charge in [0.2, 0.25) is 0 Å². The average molecular weight is 140 g/mol. The minimum atomic E-state index is 0.607. The fourth-order valence-electron chi connectivity index (χ4n) is 1.01. The molecule has 1 nitrogen and oxygen atoms in total. The quantitative estimate of drug-likeness (QED) is 0.423. The normalized spacial score (nSPS) is 13.8. The van der Waals surface area contributed by atoms with Gasteiger partial charge in [-0.2, -0.15) is 0 Å². The molecule has 10 heavy (non-hydrogen) atoms. The van der Waals surface area contributed by atoms with Gasteiger partial charge in [-0.25, -0.2) is 0 Å². The molecule has 0 aliphatic carbocycles. The first-order chi connectivity index (χ1) is 4.85. The van der Waals surface area contributed by atoms with E-state index in [-0.39, 0.29) is 0 Å². The van der Waals surface area contributed by atoms with Crippen molar-refractivity contribution in [3.05, 3.63) is 12.2 Å². The Morgan fingerprint density at radius 1 is 1.40 bits per heavy atom. The fraction of sp³-hybridized carbons (Fsp3) is 0.667. The lowest BCUT2D eigenvalue weighted by Gasteiger charge is -2.05. The van der Waals surface area contributed by atoms with E-state index in [1.807, 2.05) is 6.08 Å². The Morgan fingerprint density at radius 2 is 2.10 bits per heavy atom. The Morgan fingerprint density at radius 3 is 2.50 bits per heavy atom. The van der Waals surface area contributed by atoms with Crippen molar-refractivity contribution in [2.75, 3.05) is 0 Å². The van der Waals surface area contributed by atoms with E-state index in [0.29, 0.717) is 5.92 Å². The van der Waals surface area contributed by atoms with E-state index < -0.39 is 0 Å². The van der Waals surface area contributed by atoms with Crippen LogP contribution in [0.4, 0.5) is 0 Å². The van der Waals surface area contributed by atoms with Crippen molar-refractivity contribution >= 4 is 6.29 Å². The highest BCUT2D eigenvalue weighted by molar-refractivity contribution is 5.64. The van der Waals surface area contributed by atoms with Gasteiger partial charge in [0.25, 0.3) is 0 Å². The Hall–Kier alpha value is -0.590. The second-order valence-corrected chi connectivity index (χ2v) is 2.48. The Bertz CT molecular complexity index is 105. The summed E-state index contributed by atoms with van der Waals surface area (Å²) in [6.07, 6.45) is 7.97. The molecule has 0 heterocycles. The lowest BCUT2D eigenvalue weighted by atomic mass is 10.0. The van der Waals surface area contributed by atoms with Crippen molar-refractivity contribution in [3.63, 3.8) is 0 Å². The third-order valence-electron chi connectivity index (χ3n) is 1.65. The third kappa shape index (κ3) is 4.30. The summed E-state index contributed by atoms with van der Waals surface area (Å²) in [6, 6.07) is 0. The summed E-state index contributed by atoms with van der Waals surface area (Å²) in [4.78, 5) is 9.94. The predicted octanol–water partition coefficient (Wildman–Crippen LogP) is 2.57. The minimum Gasteiger partial charge on any atom is -0.299 e. The van der Waals surface area contributed by atoms with E-state index in [1.54, 1.807) is 6.08 Å². The molecule has 0 radical (unpaired) electrons. The first kappa shape index (κ1) is 9.41. The molecule has 58 valence electrons. The van der Waals surface area contributed by atoms with Crippen molar-refractivity contribution in [3.8, 4) is 0 Å². The number of rotatable bonds is 5. The molecule has 0 aromatic rings. The molecule has 0 rings (SSSR count). The monoisotopic (exact) mass is 140 g/mol. The van der Waals surface area contributed by atoms with Crippen LogP contribution in [0.1, 0.15) is 33.1 Å². The molecule has 0 fully saturated rings. The molecule has 0 N–H and O–H groups in total. The van der Waals surface area contributed by atoms with Crippen LogP contribution >= 0.6 is 0 Å². The second-order valence-electron chi connectivity index (χ2n) is 2.48. The smallest absolute Gasteiger partial charge is 0.142 e. The zero-order chi connectivity index (χ0) is 7.82. The van der Waals surface area contributed by atoms with Crippen LogP contribution in [0.25, 0.3) is 0 Å². The summed E-state index contributed by atoms with van der Waals surface area (Å²) >= 11 is 0. The molecule has 1 heteroatoms. The van der Waals surface area contributed by atoms with Crippen LogP contribution in [-0.2, 0) is 4.79 Å².